The van der Waals surface area contributed by atoms with Crippen molar-refractivity contribution in [2.75, 3.05) is 24.7 Å². The maximum Gasteiger partial charge on any atom is 0.180 e. The van der Waals surface area contributed by atoms with E-state index in [0.717, 1.165) is 25.9 Å². The fourth-order valence-electron chi connectivity index (χ4n) is 2.52. The van der Waals surface area contributed by atoms with Gasteiger partial charge in [0.25, 0.3) is 0 Å². The van der Waals surface area contributed by atoms with Crippen LogP contribution in [0.4, 0.5) is 5.69 Å². The van der Waals surface area contributed by atoms with Crippen molar-refractivity contribution in [3.63, 3.8) is 0 Å². The van der Waals surface area contributed by atoms with E-state index in [1.54, 1.807) is 12.1 Å². The summed E-state index contributed by atoms with van der Waals surface area (Å²) in [7, 11) is -3.38. The number of rotatable bonds is 7. The summed E-state index contributed by atoms with van der Waals surface area (Å²) in [5.41, 5.74) is 6.08. The number of hydrogen-bond donors (Lipinski definition) is 1. The monoisotopic (exact) mass is 313 g/mol. The summed E-state index contributed by atoms with van der Waals surface area (Å²) < 4.78 is 35.7. The molecule has 0 aromatic heterocycles. The van der Waals surface area contributed by atoms with Gasteiger partial charge in [-0.2, -0.15) is 0 Å². The van der Waals surface area contributed by atoms with Gasteiger partial charge in [0, 0.05) is 12.7 Å². The maximum absolute atomic E-state index is 12.4. The second kappa shape index (κ2) is 7.13. The van der Waals surface area contributed by atoms with Crippen molar-refractivity contribution in [3.05, 3.63) is 18.2 Å². The van der Waals surface area contributed by atoms with E-state index in [4.69, 9.17) is 15.2 Å². The summed E-state index contributed by atoms with van der Waals surface area (Å²) in [5, 5.41) is 0. The molecule has 1 fully saturated rings. The first kappa shape index (κ1) is 16.1. The summed E-state index contributed by atoms with van der Waals surface area (Å²) in [6.45, 7) is 3.13. The summed E-state index contributed by atoms with van der Waals surface area (Å²) in [4.78, 5) is 0.167. The first-order valence-corrected chi connectivity index (χ1v) is 9.05. The lowest BCUT2D eigenvalue weighted by Crippen LogP contribution is -2.13. The van der Waals surface area contributed by atoms with Crippen LogP contribution in [0.3, 0.4) is 0 Å². The lowest BCUT2D eigenvalue weighted by atomic mass is 10.1. The Kier molecular flexibility index (Phi) is 5.47. The van der Waals surface area contributed by atoms with Gasteiger partial charge in [-0.05, 0) is 44.7 Å². The predicted octanol–water partition coefficient (Wildman–Crippen LogP) is 2.40. The minimum atomic E-state index is -3.38. The molecule has 0 spiro atoms. The molecule has 0 amide bonds. The highest BCUT2D eigenvalue weighted by Gasteiger charge is 2.21. The Morgan fingerprint density at radius 1 is 1.43 bits per heavy atom. The average Bonchev–Trinajstić information content (AvgIpc) is 2.94. The third-order valence-corrected chi connectivity index (χ3v) is 5.44. The second-order valence-corrected chi connectivity index (χ2v) is 7.31. The molecule has 1 aromatic rings. The molecule has 5 nitrogen and oxygen atoms in total. The van der Waals surface area contributed by atoms with Crippen molar-refractivity contribution in [3.8, 4) is 5.75 Å². The zero-order valence-electron chi connectivity index (χ0n) is 12.4. The van der Waals surface area contributed by atoms with Crippen LogP contribution in [-0.4, -0.2) is 33.5 Å². The number of hydrogen-bond acceptors (Lipinski definition) is 5. The van der Waals surface area contributed by atoms with Crippen LogP contribution < -0.4 is 10.5 Å². The zero-order valence-corrected chi connectivity index (χ0v) is 13.2. The van der Waals surface area contributed by atoms with Gasteiger partial charge in [-0.15, -0.1) is 0 Å². The fourth-order valence-corrected chi connectivity index (χ4v) is 4.01. The van der Waals surface area contributed by atoms with Crippen LogP contribution in [0, 0.1) is 0 Å². The van der Waals surface area contributed by atoms with E-state index in [0.29, 0.717) is 18.8 Å². The number of nitrogen functional groups attached to an aromatic ring is 1. The van der Waals surface area contributed by atoms with Gasteiger partial charge in [-0.1, -0.05) is 0 Å². The summed E-state index contributed by atoms with van der Waals surface area (Å²) in [5.74, 6) is 0.622. The number of anilines is 1. The van der Waals surface area contributed by atoms with Crippen LogP contribution in [-0.2, 0) is 14.6 Å². The third-order valence-electron chi connectivity index (χ3n) is 3.59. The van der Waals surface area contributed by atoms with Crippen LogP contribution >= 0.6 is 0 Å². The highest BCUT2D eigenvalue weighted by Crippen LogP contribution is 2.26. The summed E-state index contributed by atoms with van der Waals surface area (Å²) >= 11 is 0. The van der Waals surface area contributed by atoms with E-state index in [9.17, 15) is 8.42 Å². The van der Waals surface area contributed by atoms with E-state index >= 15 is 0 Å². The Morgan fingerprint density at radius 2 is 2.24 bits per heavy atom. The molecular weight excluding hydrogens is 290 g/mol. The summed E-state index contributed by atoms with van der Waals surface area (Å²) in [6, 6.07) is 4.78. The molecule has 1 unspecified atom stereocenters. The molecule has 1 heterocycles. The number of sulfone groups is 1. The molecule has 1 atom stereocenters. The van der Waals surface area contributed by atoms with Crippen molar-refractivity contribution >= 4 is 15.5 Å². The SMILES string of the molecule is CCOc1ccc(N)c(S(=O)(=O)CCCC2CCCO2)c1. The Balaban J connectivity index is 2.02. The quantitative estimate of drug-likeness (QED) is 0.782. The van der Waals surface area contributed by atoms with Gasteiger partial charge >= 0.3 is 0 Å². The van der Waals surface area contributed by atoms with Gasteiger partial charge in [0.1, 0.15) is 5.75 Å². The molecule has 2 rings (SSSR count). The van der Waals surface area contributed by atoms with Gasteiger partial charge in [0.05, 0.1) is 29.0 Å². The highest BCUT2D eigenvalue weighted by atomic mass is 32.2. The molecule has 21 heavy (non-hydrogen) atoms. The van der Waals surface area contributed by atoms with Crippen LogP contribution in [0.2, 0.25) is 0 Å². The van der Waals surface area contributed by atoms with Crippen molar-refractivity contribution in [2.24, 2.45) is 0 Å². The first-order chi connectivity index (χ1) is 10.0. The number of ether oxygens (including phenoxy) is 2. The minimum Gasteiger partial charge on any atom is -0.494 e. The molecule has 0 radical (unpaired) electrons. The standard InChI is InChI=1S/C15H23NO4S/c1-2-19-13-7-8-14(16)15(11-13)21(17,18)10-4-6-12-5-3-9-20-12/h7-8,11-12H,2-6,9-10,16H2,1H3. The molecule has 2 N–H and O–H groups in total. The van der Waals surface area contributed by atoms with Crippen LogP contribution in [0.15, 0.2) is 23.1 Å². The zero-order chi connectivity index (χ0) is 15.3. The van der Waals surface area contributed by atoms with E-state index in [2.05, 4.69) is 0 Å². The third kappa shape index (κ3) is 4.35. The van der Waals surface area contributed by atoms with E-state index in [1.165, 1.54) is 6.07 Å². The van der Waals surface area contributed by atoms with E-state index in [-0.39, 0.29) is 22.4 Å². The van der Waals surface area contributed by atoms with Crippen LogP contribution in [0.1, 0.15) is 32.6 Å². The molecule has 1 aromatic carbocycles. The smallest absolute Gasteiger partial charge is 0.180 e. The number of benzene rings is 1. The number of nitrogens with two attached hydrogens (primary N) is 1. The molecule has 1 aliphatic heterocycles. The molecule has 0 bridgehead atoms. The Labute approximate surface area is 126 Å². The lowest BCUT2D eigenvalue weighted by molar-refractivity contribution is 0.104. The lowest BCUT2D eigenvalue weighted by Gasteiger charge is -2.12. The Bertz CT molecular complexity index is 565. The topological polar surface area (TPSA) is 78.6 Å². The van der Waals surface area contributed by atoms with Crippen molar-refractivity contribution in [1.82, 2.24) is 0 Å². The molecule has 0 aliphatic carbocycles. The molecule has 1 aliphatic rings. The van der Waals surface area contributed by atoms with E-state index in [1.807, 2.05) is 6.92 Å². The largest absolute Gasteiger partial charge is 0.494 e. The first-order valence-electron chi connectivity index (χ1n) is 7.39. The fraction of sp³-hybridized carbons (Fsp3) is 0.600. The van der Waals surface area contributed by atoms with Crippen molar-refractivity contribution in [2.45, 2.75) is 43.6 Å². The normalized spacial score (nSPS) is 18.8. The minimum absolute atomic E-state index is 0.0899. The Morgan fingerprint density at radius 3 is 2.90 bits per heavy atom. The van der Waals surface area contributed by atoms with Crippen LogP contribution in [0.5, 0.6) is 5.75 Å². The molecule has 1 saturated heterocycles. The molecule has 6 heteroatoms. The van der Waals surface area contributed by atoms with Gasteiger partial charge < -0.3 is 15.2 Å². The molecule has 118 valence electrons. The maximum atomic E-state index is 12.4. The second-order valence-electron chi connectivity index (χ2n) is 5.23. The van der Waals surface area contributed by atoms with Gasteiger partial charge in [-0.25, -0.2) is 8.42 Å². The van der Waals surface area contributed by atoms with Crippen molar-refractivity contribution < 1.29 is 17.9 Å². The Hall–Kier alpha value is -1.27. The van der Waals surface area contributed by atoms with Crippen LogP contribution in [0.25, 0.3) is 0 Å². The average molecular weight is 313 g/mol. The van der Waals surface area contributed by atoms with E-state index < -0.39 is 9.84 Å². The molecular formula is C15H23NO4S. The van der Waals surface area contributed by atoms with Gasteiger partial charge in [-0.3, -0.25) is 0 Å². The molecule has 0 saturated carbocycles. The van der Waals surface area contributed by atoms with Gasteiger partial charge in [0.15, 0.2) is 9.84 Å². The predicted molar refractivity (Wildman–Crippen MR) is 82.3 cm³/mol. The summed E-state index contributed by atoms with van der Waals surface area (Å²) in [6.07, 6.45) is 3.69. The van der Waals surface area contributed by atoms with Gasteiger partial charge in [0.2, 0.25) is 0 Å². The van der Waals surface area contributed by atoms with Crippen molar-refractivity contribution in [1.29, 1.82) is 0 Å². The highest BCUT2D eigenvalue weighted by molar-refractivity contribution is 7.91.